The van der Waals surface area contributed by atoms with Crippen LogP contribution in [0.15, 0.2) is 23.0 Å². The van der Waals surface area contributed by atoms with E-state index in [1.54, 1.807) is 13.1 Å². The molecule has 1 aliphatic rings. The summed E-state index contributed by atoms with van der Waals surface area (Å²) in [7, 11) is 1.66. The van der Waals surface area contributed by atoms with E-state index in [0.29, 0.717) is 24.7 Å². The number of nitrogens with two attached hydrogens (primary N) is 1. The van der Waals surface area contributed by atoms with E-state index < -0.39 is 5.82 Å². The highest BCUT2D eigenvalue weighted by atomic mass is 35.5. The average Bonchev–Trinajstić information content (AvgIpc) is 3.04. The zero-order valence-electron chi connectivity index (χ0n) is 15.1. The molecule has 3 N–H and O–H groups in total. The number of benzene rings is 1. The molecule has 0 radical (unpaired) electrons. The van der Waals surface area contributed by atoms with Crippen LogP contribution in [-0.4, -0.2) is 38.4 Å². The van der Waals surface area contributed by atoms with Gasteiger partial charge in [0.05, 0.1) is 5.02 Å². The molecular weight excluding hydrogens is 371 g/mol. The maximum atomic E-state index is 14.4. The third kappa shape index (κ3) is 2.98. The van der Waals surface area contributed by atoms with E-state index >= 15 is 0 Å². The van der Waals surface area contributed by atoms with Crippen molar-refractivity contribution in [3.63, 3.8) is 0 Å². The second-order valence-corrected chi connectivity index (χ2v) is 7.72. The summed E-state index contributed by atoms with van der Waals surface area (Å²) in [6, 6.07) is 4.60. The molecule has 0 bridgehead atoms. The van der Waals surface area contributed by atoms with E-state index in [4.69, 9.17) is 17.3 Å². The Labute approximate surface area is 159 Å². The molecule has 3 heterocycles. The minimum atomic E-state index is -0.614. The van der Waals surface area contributed by atoms with Crippen molar-refractivity contribution in [2.75, 3.05) is 18.0 Å². The van der Waals surface area contributed by atoms with Crippen LogP contribution >= 0.6 is 11.6 Å². The number of H-pyrrole nitrogens is 1. The van der Waals surface area contributed by atoms with E-state index in [2.05, 4.69) is 15.2 Å². The molecule has 0 saturated carbocycles. The molecule has 0 amide bonds. The quantitative estimate of drug-likeness (QED) is 0.701. The van der Waals surface area contributed by atoms with Gasteiger partial charge in [0.1, 0.15) is 11.1 Å². The molecule has 9 heteroatoms. The van der Waals surface area contributed by atoms with Gasteiger partial charge < -0.3 is 10.6 Å². The van der Waals surface area contributed by atoms with Crippen LogP contribution in [0.4, 0.5) is 10.3 Å². The molecule has 0 spiro atoms. The van der Waals surface area contributed by atoms with Gasteiger partial charge in [-0.3, -0.25) is 14.5 Å². The van der Waals surface area contributed by atoms with Crippen molar-refractivity contribution >= 4 is 28.6 Å². The fraction of sp³-hybridized carbons (Fsp3) is 0.389. The highest BCUT2D eigenvalue weighted by Gasteiger charge is 2.29. The van der Waals surface area contributed by atoms with Crippen LogP contribution in [-0.2, 0) is 7.05 Å². The molecule has 0 atom stereocenters. The topological polar surface area (TPSA) is 92.8 Å². The largest absolute Gasteiger partial charge is 0.342 e. The van der Waals surface area contributed by atoms with Gasteiger partial charge in [0, 0.05) is 31.2 Å². The summed E-state index contributed by atoms with van der Waals surface area (Å²) in [5.41, 5.74) is 6.39. The first-order valence-corrected chi connectivity index (χ1v) is 9.09. The van der Waals surface area contributed by atoms with Crippen molar-refractivity contribution in [1.82, 2.24) is 19.7 Å². The molecule has 1 aromatic carbocycles. The lowest BCUT2D eigenvalue weighted by Gasteiger charge is -2.37. The van der Waals surface area contributed by atoms with Crippen molar-refractivity contribution in [3.05, 3.63) is 39.4 Å². The normalized spacial score (nSPS) is 16.9. The number of aromatic nitrogens is 4. The molecule has 0 unspecified atom stereocenters. The molecule has 2 aromatic heterocycles. The molecule has 1 fully saturated rings. The van der Waals surface area contributed by atoms with Gasteiger partial charge in [-0.1, -0.05) is 17.7 Å². The number of hydrogen-bond donors (Lipinski definition) is 2. The van der Waals surface area contributed by atoms with Crippen LogP contribution in [0.5, 0.6) is 0 Å². The second-order valence-electron chi connectivity index (χ2n) is 7.31. The van der Waals surface area contributed by atoms with Crippen LogP contribution < -0.4 is 16.2 Å². The summed E-state index contributed by atoms with van der Waals surface area (Å²) < 4.78 is 15.9. The fourth-order valence-corrected chi connectivity index (χ4v) is 3.61. The van der Waals surface area contributed by atoms with Crippen LogP contribution in [0.25, 0.3) is 22.3 Å². The summed E-state index contributed by atoms with van der Waals surface area (Å²) in [5.74, 6) is -0.0678. The Morgan fingerprint density at radius 2 is 2.04 bits per heavy atom. The highest BCUT2D eigenvalue weighted by molar-refractivity contribution is 6.31. The maximum Gasteiger partial charge on any atom is 0.266 e. The Balaban J connectivity index is 1.83. The molecule has 142 valence electrons. The fourth-order valence-electron chi connectivity index (χ4n) is 3.43. The Morgan fingerprint density at radius 1 is 1.33 bits per heavy atom. The Kier molecular flexibility index (Phi) is 4.20. The van der Waals surface area contributed by atoms with Crippen LogP contribution in [0.1, 0.15) is 19.8 Å². The molecule has 0 aliphatic carbocycles. The number of nitrogens with zero attached hydrogens (tertiary/aromatic N) is 4. The molecule has 3 aromatic rings. The number of rotatable bonds is 2. The first kappa shape index (κ1) is 17.9. The number of halogens is 2. The lowest BCUT2D eigenvalue weighted by molar-refractivity contribution is 0.360. The van der Waals surface area contributed by atoms with Crippen LogP contribution in [0.3, 0.4) is 0 Å². The minimum Gasteiger partial charge on any atom is -0.342 e. The van der Waals surface area contributed by atoms with Gasteiger partial charge in [-0.05, 0) is 31.9 Å². The zero-order valence-corrected chi connectivity index (χ0v) is 15.8. The van der Waals surface area contributed by atoms with Gasteiger partial charge in [-0.15, -0.1) is 0 Å². The second kappa shape index (κ2) is 6.31. The lowest BCUT2D eigenvalue weighted by Crippen LogP contribution is -2.49. The van der Waals surface area contributed by atoms with Crippen LogP contribution in [0, 0.1) is 5.82 Å². The van der Waals surface area contributed by atoms with Gasteiger partial charge in [0.15, 0.2) is 11.5 Å². The SMILES string of the molecule is Cn1c(N2CCC(C)(N)CC2)nc2[nH]nc(-c3cccc(Cl)c3F)c2c1=O. The van der Waals surface area contributed by atoms with Crippen molar-refractivity contribution in [2.45, 2.75) is 25.3 Å². The highest BCUT2D eigenvalue weighted by Crippen LogP contribution is 2.30. The summed E-state index contributed by atoms with van der Waals surface area (Å²) in [5, 5.41) is 7.12. The standard InChI is InChI=1S/C18H20ClFN6O/c1-18(21)6-8-26(9-7-18)17-22-15-12(16(27)25(17)2)14(23-24-15)10-4-3-5-11(19)13(10)20/h3-5H,6-9,21H2,1-2H3,(H,23,24). The van der Waals surface area contributed by atoms with E-state index in [1.165, 1.54) is 16.7 Å². The molecule has 1 saturated heterocycles. The van der Waals surface area contributed by atoms with Crippen molar-refractivity contribution in [3.8, 4) is 11.3 Å². The minimum absolute atomic E-state index is 0.0248. The molecule has 7 nitrogen and oxygen atoms in total. The van der Waals surface area contributed by atoms with E-state index in [9.17, 15) is 9.18 Å². The van der Waals surface area contributed by atoms with Gasteiger partial charge in [-0.2, -0.15) is 10.1 Å². The van der Waals surface area contributed by atoms with Gasteiger partial charge in [-0.25, -0.2) is 4.39 Å². The molecular formula is C18H20ClFN6O. The monoisotopic (exact) mass is 390 g/mol. The Hall–Kier alpha value is -2.45. The van der Waals surface area contributed by atoms with Gasteiger partial charge in [0.25, 0.3) is 5.56 Å². The first-order chi connectivity index (χ1) is 12.8. The maximum absolute atomic E-state index is 14.4. The number of hydrogen-bond acceptors (Lipinski definition) is 5. The third-order valence-corrected chi connectivity index (χ3v) is 5.46. The van der Waals surface area contributed by atoms with Crippen molar-refractivity contribution in [2.24, 2.45) is 12.8 Å². The predicted molar refractivity (Wildman–Crippen MR) is 104 cm³/mol. The first-order valence-electron chi connectivity index (χ1n) is 8.72. The summed E-state index contributed by atoms with van der Waals surface area (Å²) in [4.78, 5) is 19.6. The number of nitrogens with one attached hydrogen (secondary N) is 1. The number of fused-ring (bicyclic) bond motifs is 1. The number of piperidine rings is 1. The average molecular weight is 391 g/mol. The summed E-state index contributed by atoms with van der Waals surface area (Å²) in [6.07, 6.45) is 1.62. The zero-order chi connectivity index (χ0) is 19.3. The van der Waals surface area contributed by atoms with Crippen molar-refractivity contribution in [1.29, 1.82) is 0 Å². The lowest BCUT2D eigenvalue weighted by atomic mass is 9.91. The Morgan fingerprint density at radius 3 is 2.74 bits per heavy atom. The van der Waals surface area contributed by atoms with Crippen molar-refractivity contribution < 1.29 is 4.39 Å². The van der Waals surface area contributed by atoms with Crippen LogP contribution in [0.2, 0.25) is 5.02 Å². The third-order valence-electron chi connectivity index (χ3n) is 5.17. The number of anilines is 1. The van der Waals surface area contributed by atoms with E-state index in [1.807, 2.05) is 11.8 Å². The van der Waals surface area contributed by atoms with E-state index in [-0.39, 0.29) is 32.8 Å². The Bertz CT molecular complexity index is 1080. The summed E-state index contributed by atoms with van der Waals surface area (Å²) in [6.45, 7) is 3.45. The molecule has 27 heavy (non-hydrogen) atoms. The smallest absolute Gasteiger partial charge is 0.266 e. The number of aromatic amines is 1. The van der Waals surface area contributed by atoms with E-state index in [0.717, 1.165) is 12.8 Å². The van der Waals surface area contributed by atoms with Gasteiger partial charge in [0.2, 0.25) is 5.95 Å². The predicted octanol–water partition coefficient (Wildman–Crippen LogP) is 2.43. The molecule has 1 aliphatic heterocycles. The van der Waals surface area contributed by atoms with Gasteiger partial charge >= 0.3 is 0 Å². The summed E-state index contributed by atoms with van der Waals surface area (Å²) >= 11 is 5.87. The molecule has 4 rings (SSSR count).